The Balaban J connectivity index is 3.41. The maximum Gasteiger partial charge on any atom is 0.133 e. The molecule has 0 aliphatic carbocycles. The minimum atomic E-state index is -0.739. The summed E-state index contributed by atoms with van der Waals surface area (Å²) in [5.74, 6) is 4.42. The second-order valence-electron chi connectivity index (χ2n) is 4.90. The molecule has 1 aromatic rings. The van der Waals surface area contributed by atoms with Crippen molar-refractivity contribution >= 4 is 0 Å². The summed E-state index contributed by atoms with van der Waals surface area (Å²) in [6.07, 6.45) is 1.19. The highest BCUT2D eigenvalue weighted by Gasteiger charge is 2.40. The lowest BCUT2D eigenvalue weighted by molar-refractivity contribution is -0.0748. The summed E-state index contributed by atoms with van der Waals surface area (Å²) in [7, 11) is 0. The molecular weight excluding hydrogens is 262 g/mol. The van der Waals surface area contributed by atoms with Gasteiger partial charge in [0, 0.05) is 12.2 Å². The Hall–Kier alpha value is -1.04. The van der Waals surface area contributed by atoms with E-state index in [0.29, 0.717) is 25.0 Å². The van der Waals surface area contributed by atoms with Crippen LogP contribution in [0.25, 0.3) is 0 Å². The molecule has 0 saturated carbocycles. The third-order valence-electron chi connectivity index (χ3n) is 3.93. The quantitative estimate of drug-likeness (QED) is 0.597. The van der Waals surface area contributed by atoms with Crippen LogP contribution in [-0.2, 0) is 4.74 Å². The number of benzene rings is 1. The van der Waals surface area contributed by atoms with Crippen LogP contribution < -0.4 is 11.3 Å². The Morgan fingerprint density at radius 1 is 1.25 bits per heavy atom. The highest BCUT2D eigenvalue weighted by molar-refractivity contribution is 5.31. The lowest BCUT2D eigenvalue weighted by atomic mass is 9.83. The van der Waals surface area contributed by atoms with Crippen LogP contribution in [0.4, 0.5) is 8.78 Å². The van der Waals surface area contributed by atoms with Gasteiger partial charge in [0.25, 0.3) is 0 Å². The smallest absolute Gasteiger partial charge is 0.133 e. The fraction of sp³-hybridized carbons (Fsp3) is 0.600. The van der Waals surface area contributed by atoms with Crippen LogP contribution >= 0.6 is 0 Å². The van der Waals surface area contributed by atoms with E-state index in [9.17, 15) is 8.78 Å². The maximum atomic E-state index is 14.4. The zero-order valence-electron chi connectivity index (χ0n) is 12.6. The van der Waals surface area contributed by atoms with Gasteiger partial charge in [0.15, 0.2) is 0 Å². The van der Waals surface area contributed by atoms with Crippen molar-refractivity contribution in [3.05, 3.63) is 34.9 Å². The van der Waals surface area contributed by atoms with E-state index in [1.165, 1.54) is 12.1 Å². The van der Waals surface area contributed by atoms with E-state index < -0.39 is 23.3 Å². The molecular formula is C15H24F2N2O. The molecule has 0 amide bonds. The molecule has 0 saturated heterocycles. The summed E-state index contributed by atoms with van der Waals surface area (Å²) in [6.45, 7) is 7.77. The number of nitrogens with one attached hydrogen (secondary N) is 1. The van der Waals surface area contributed by atoms with Crippen molar-refractivity contribution in [2.24, 2.45) is 5.84 Å². The van der Waals surface area contributed by atoms with Gasteiger partial charge in [0.2, 0.25) is 0 Å². The third kappa shape index (κ3) is 3.00. The zero-order valence-corrected chi connectivity index (χ0v) is 12.6. The molecule has 1 rings (SSSR count). The topological polar surface area (TPSA) is 47.3 Å². The monoisotopic (exact) mass is 286 g/mol. The summed E-state index contributed by atoms with van der Waals surface area (Å²) in [4.78, 5) is 0. The lowest BCUT2D eigenvalue weighted by Crippen LogP contribution is -2.48. The second-order valence-corrected chi connectivity index (χ2v) is 4.90. The van der Waals surface area contributed by atoms with Crippen molar-refractivity contribution in [1.29, 1.82) is 0 Å². The molecule has 0 aromatic heterocycles. The predicted molar refractivity (Wildman–Crippen MR) is 76.1 cm³/mol. The maximum absolute atomic E-state index is 14.4. The Bertz CT molecular complexity index is 448. The number of halogens is 2. The molecule has 20 heavy (non-hydrogen) atoms. The molecule has 0 spiro atoms. The molecule has 0 bridgehead atoms. The first-order chi connectivity index (χ1) is 9.47. The minimum absolute atomic E-state index is 0.0512. The van der Waals surface area contributed by atoms with E-state index >= 15 is 0 Å². The molecule has 0 aliphatic rings. The molecule has 0 radical (unpaired) electrons. The lowest BCUT2D eigenvalue weighted by Gasteiger charge is -2.39. The van der Waals surface area contributed by atoms with Gasteiger partial charge < -0.3 is 4.74 Å². The molecule has 1 unspecified atom stereocenters. The molecule has 3 N–H and O–H groups in total. The van der Waals surface area contributed by atoms with Crippen molar-refractivity contribution in [1.82, 2.24) is 5.43 Å². The Morgan fingerprint density at radius 3 is 2.30 bits per heavy atom. The van der Waals surface area contributed by atoms with Crippen LogP contribution in [0.2, 0.25) is 0 Å². The first-order valence-electron chi connectivity index (χ1n) is 7.01. The molecule has 1 atom stereocenters. The molecule has 5 heteroatoms. The first kappa shape index (κ1) is 17.0. The summed E-state index contributed by atoms with van der Waals surface area (Å²) < 4.78 is 34.3. The summed E-state index contributed by atoms with van der Waals surface area (Å²) in [5.41, 5.74) is 2.15. The molecule has 114 valence electrons. The van der Waals surface area contributed by atoms with Gasteiger partial charge in [-0.25, -0.2) is 14.2 Å². The molecule has 0 fully saturated rings. The largest absolute Gasteiger partial charge is 0.373 e. The van der Waals surface area contributed by atoms with Gasteiger partial charge in [0.1, 0.15) is 11.6 Å². The normalized spacial score (nSPS) is 13.6. The highest BCUT2D eigenvalue weighted by atomic mass is 19.1. The van der Waals surface area contributed by atoms with Crippen LogP contribution in [0.15, 0.2) is 12.1 Å². The molecule has 0 heterocycles. The fourth-order valence-electron chi connectivity index (χ4n) is 2.67. The van der Waals surface area contributed by atoms with E-state index in [4.69, 9.17) is 10.6 Å². The van der Waals surface area contributed by atoms with Gasteiger partial charge in [-0.1, -0.05) is 19.9 Å². The highest BCUT2D eigenvalue weighted by Crippen LogP contribution is 2.37. The Labute approximate surface area is 119 Å². The van der Waals surface area contributed by atoms with E-state index in [-0.39, 0.29) is 5.56 Å². The van der Waals surface area contributed by atoms with Gasteiger partial charge in [-0.3, -0.25) is 5.84 Å². The number of hydrogen-bond acceptors (Lipinski definition) is 3. The van der Waals surface area contributed by atoms with Crippen molar-refractivity contribution < 1.29 is 13.5 Å². The molecule has 3 nitrogen and oxygen atoms in total. The van der Waals surface area contributed by atoms with Crippen molar-refractivity contribution in [3.8, 4) is 0 Å². The van der Waals surface area contributed by atoms with Gasteiger partial charge in [0.05, 0.1) is 11.6 Å². The number of rotatable bonds is 7. The van der Waals surface area contributed by atoms with E-state index in [0.717, 1.165) is 0 Å². The van der Waals surface area contributed by atoms with Crippen LogP contribution in [0.3, 0.4) is 0 Å². The van der Waals surface area contributed by atoms with Crippen LogP contribution in [0.5, 0.6) is 0 Å². The van der Waals surface area contributed by atoms with Gasteiger partial charge in [-0.15, -0.1) is 0 Å². The molecule has 1 aromatic carbocycles. The van der Waals surface area contributed by atoms with Gasteiger partial charge in [-0.05, 0) is 38.3 Å². The zero-order chi connectivity index (χ0) is 15.3. The van der Waals surface area contributed by atoms with Crippen LogP contribution in [-0.4, -0.2) is 12.2 Å². The molecule has 0 aliphatic heterocycles. The fourth-order valence-corrected chi connectivity index (χ4v) is 2.67. The summed E-state index contributed by atoms with van der Waals surface area (Å²) in [5, 5.41) is 0. The van der Waals surface area contributed by atoms with E-state index in [1.54, 1.807) is 6.92 Å². The van der Waals surface area contributed by atoms with E-state index in [2.05, 4.69) is 5.43 Å². The van der Waals surface area contributed by atoms with Gasteiger partial charge >= 0.3 is 0 Å². The van der Waals surface area contributed by atoms with Crippen molar-refractivity contribution in [2.45, 2.75) is 52.2 Å². The van der Waals surface area contributed by atoms with Crippen molar-refractivity contribution in [3.63, 3.8) is 0 Å². The van der Waals surface area contributed by atoms with Crippen LogP contribution in [0, 0.1) is 18.6 Å². The second kappa shape index (κ2) is 7.11. The van der Waals surface area contributed by atoms with E-state index in [1.807, 2.05) is 20.8 Å². The predicted octanol–water partition coefficient (Wildman–Crippen LogP) is 3.37. The third-order valence-corrected chi connectivity index (χ3v) is 3.93. The number of hydrazine groups is 1. The Morgan fingerprint density at radius 2 is 1.85 bits per heavy atom. The minimum Gasteiger partial charge on any atom is -0.373 e. The number of nitrogens with two attached hydrogens (primary N) is 1. The Kier molecular flexibility index (Phi) is 6.05. The summed E-state index contributed by atoms with van der Waals surface area (Å²) >= 11 is 0. The number of ether oxygens (including phenoxy) is 1. The average Bonchev–Trinajstić information content (AvgIpc) is 2.46. The standard InChI is InChI=1S/C15H24F2N2O/c1-5-15(6-2,20-7-3)14(19-18)12-11(16)9-8-10(4)13(12)17/h8-9,14,19H,5-7,18H2,1-4H3. The number of hydrogen-bond donors (Lipinski definition) is 2. The van der Waals surface area contributed by atoms with Gasteiger partial charge in [-0.2, -0.15) is 0 Å². The average molecular weight is 286 g/mol. The SMILES string of the molecule is CCOC(CC)(CC)C(NN)c1c(F)ccc(C)c1F. The van der Waals surface area contributed by atoms with Crippen LogP contribution in [0.1, 0.15) is 50.8 Å². The van der Waals surface area contributed by atoms with Crippen molar-refractivity contribution in [2.75, 3.05) is 6.61 Å². The first-order valence-corrected chi connectivity index (χ1v) is 7.01. The summed E-state index contributed by atoms with van der Waals surface area (Å²) in [6, 6.07) is 1.94. The number of aryl methyl sites for hydroxylation is 1.